The number of nitrogens with one attached hydrogen (secondary N) is 1. The Kier molecular flexibility index (Phi) is 3.30. The number of carbonyl (C=O) groups excluding carboxylic acids is 1. The van der Waals surface area contributed by atoms with Crippen molar-refractivity contribution >= 4 is 23.0 Å². The van der Waals surface area contributed by atoms with Crippen LogP contribution in [0.3, 0.4) is 0 Å². The molecule has 0 fully saturated rings. The Morgan fingerprint density at radius 1 is 1.50 bits per heavy atom. The first-order valence-corrected chi connectivity index (χ1v) is 6.36. The van der Waals surface area contributed by atoms with Crippen molar-refractivity contribution in [2.24, 2.45) is 10.9 Å². The molecule has 3 rings (SSSR count). The van der Waals surface area contributed by atoms with Gasteiger partial charge >= 0.3 is 0 Å². The van der Waals surface area contributed by atoms with E-state index in [4.69, 9.17) is 5.21 Å². The normalized spacial score (nSPS) is 17.6. The molecule has 2 heterocycles. The van der Waals surface area contributed by atoms with Crippen LogP contribution in [0.2, 0.25) is 0 Å². The summed E-state index contributed by atoms with van der Waals surface area (Å²) in [7, 11) is 0. The minimum atomic E-state index is -0.526. The lowest BCUT2D eigenvalue weighted by molar-refractivity contribution is 0.0706. The number of aromatic nitrogens is 2. The second kappa shape index (κ2) is 5.26. The zero-order valence-corrected chi connectivity index (χ0v) is 10.7. The van der Waals surface area contributed by atoms with Crippen molar-refractivity contribution < 1.29 is 10.0 Å². The largest absolute Gasteiger partial charge is 0.288 e. The number of amides is 1. The van der Waals surface area contributed by atoms with Gasteiger partial charge < -0.3 is 0 Å². The average Bonchev–Trinajstić information content (AvgIpc) is 2.90. The van der Waals surface area contributed by atoms with Crippen molar-refractivity contribution in [1.82, 2.24) is 15.3 Å². The van der Waals surface area contributed by atoms with Gasteiger partial charge in [0.1, 0.15) is 0 Å². The van der Waals surface area contributed by atoms with E-state index in [-0.39, 0.29) is 0 Å². The fourth-order valence-electron chi connectivity index (χ4n) is 2.29. The molecule has 1 aromatic carbocycles. The van der Waals surface area contributed by atoms with Crippen LogP contribution in [0.15, 0.2) is 41.7 Å². The molecule has 1 atom stereocenters. The molecule has 0 aliphatic carbocycles. The first-order chi connectivity index (χ1) is 9.78. The molecule has 6 nitrogen and oxygen atoms in total. The van der Waals surface area contributed by atoms with Crippen LogP contribution in [0.5, 0.6) is 0 Å². The molecule has 1 aliphatic heterocycles. The maximum atomic E-state index is 11.5. The third-order valence-corrected chi connectivity index (χ3v) is 3.34. The van der Waals surface area contributed by atoms with Crippen LogP contribution in [0.4, 0.5) is 0 Å². The first-order valence-electron chi connectivity index (χ1n) is 6.36. The molecular weight excluding hydrogens is 256 g/mol. The number of benzene rings is 1. The van der Waals surface area contributed by atoms with Crippen molar-refractivity contribution in [3.05, 3.63) is 42.2 Å². The Morgan fingerprint density at radius 2 is 2.40 bits per heavy atom. The Balaban J connectivity index is 1.92. The number of aliphatic imine (C=N–C) groups is 1. The predicted molar refractivity (Wildman–Crippen MR) is 74.7 cm³/mol. The highest BCUT2D eigenvalue weighted by Crippen LogP contribution is 2.18. The van der Waals surface area contributed by atoms with Gasteiger partial charge in [0, 0.05) is 35.8 Å². The molecule has 0 saturated carbocycles. The second-order valence-corrected chi connectivity index (χ2v) is 4.72. The van der Waals surface area contributed by atoms with Crippen LogP contribution in [0.1, 0.15) is 16.8 Å². The van der Waals surface area contributed by atoms with Crippen molar-refractivity contribution in [2.75, 3.05) is 0 Å². The van der Waals surface area contributed by atoms with Crippen LogP contribution < -0.4 is 5.48 Å². The van der Waals surface area contributed by atoms with Gasteiger partial charge in [-0.15, -0.1) is 0 Å². The maximum Gasteiger partial charge on any atom is 0.274 e. The number of rotatable bonds is 3. The summed E-state index contributed by atoms with van der Waals surface area (Å²) in [6, 6.07) is 5.20. The van der Waals surface area contributed by atoms with E-state index in [1.807, 2.05) is 23.0 Å². The summed E-state index contributed by atoms with van der Waals surface area (Å²) < 4.78 is 1.86. The Labute approximate surface area is 115 Å². The van der Waals surface area contributed by atoms with Crippen molar-refractivity contribution in [1.29, 1.82) is 0 Å². The highest BCUT2D eigenvalue weighted by Gasteiger charge is 2.12. The summed E-state index contributed by atoms with van der Waals surface area (Å²) in [4.78, 5) is 15.6. The van der Waals surface area contributed by atoms with Gasteiger partial charge in [0.15, 0.2) is 0 Å². The number of carbonyl (C=O) groups is 1. The van der Waals surface area contributed by atoms with Gasteiger partial charge in [0.2, 0.25) is 0 Å². The van der Waals surface area contributed by atoms with Gasteiger partial charge in [-0.25, -0.2) is 5.48 Å². The minimum absolute atomic E-state index is 0.304. The first kappa shape index (κ1) is 12.6. The van der Waals surface area contributed by atoms with Gasteiger partial charge in [0.05, 0.1) is 11.7 Å². The molecule has 2 aromatic rings. The minimum Gasteiger partial charge on any atom is -0.288 e. The topological polar surface area (TPSA) is 79.5 Å². The predicted octanol–water partition coefficient (Wildman–Crippen LogP) is 1.76. The van der Waals surface area contributed by atoms with E-state index in [9.17, 15) is 4.79 Å². The molecule has 1 aliphatic rings. The zero-order valence-electron chi connectivity index (χ0n) is 10.7. The van der Waals surface area contributed by atoms with Gasteiger partial charge in [-0.3, -0.25) is 19.7 Å². The zero-order chi connectivity index (χ0) is 13.9. The molecule has 0 saturated heterocycles. The summed E-state index contributed by atoms with van der Waals surface area (Å²) in [6.07, 6.45) is 8.44. The van der Waals surface area contributed by atoms with E-state index in [0.29, 0.717) is 18.0 Å². The van der Waals surface area contributed by atoms with E-state index in [1.54, 1.807) is 30.0 Å². The molecule has 1 aromatic heterocycles. The van der Waals surface area contributed by atoms with E-state index in [0.717, 1.165) is 17.3 Å². The highest BCUT2D eigenvalue weighted by atomic mass is 16.5. The van der Waals surface area contributed by atoms with E-state index in [2.05, 4.69) is 10.1 Å². The Hall–Kier alpha value is -2.47. The Morgan fingerprint density at radius 3 is 3.15 bits per heavy atom. The molecule has 0 bridgehead atoms. The quantitative estimate of drug-likeness (QED) is 0.659. The van der Waals surface area contributed by atoms with Gasteiger partial charge in [-0.05, 0) is 18.6 Å². The molecular formula is C14H14N4O2. The standard InChI is InChI=1S/C14H14N4O2/c19-14(17-20)11-3-4-12-8-16-18(13(12)6-11)9-10-2-1-5-15-7-10/h1,3-8,10,20H,2,9H2,(H,17,19). The molecule has 20 heavy (non-hydrogen) atoms. The fourth-order valence-corrected chi connectivity index (χ4v) is 2.29. The molecule has 1 amide bonds. The number of allylic oxidation sites excluding steroid dienone is 1. The number of hydrogen-bond acceptors (Lipinski definition) is 4. The van der Waals surface area contributed by atoms with Gasteiger partial charge in [0.25, 0.3) is 5.91 Å². The van der Waals surface area contributed by atoms with Crippen LogP contribution in [0, 0.1) is 5.92 Å². The van der Waals surface area contributed by atoms with E-state index < -0.39 is 5.91 Å². The smallest absolute Gasteiger partial charge is 0.274 e. The number of hydroxylamine groups is 1. The lowest BCUT2D eigenvalue weighted by atomic mass is 10.1. The summed E-state index contributed by atoms with van der Waals surface area (Å²) in [5.74, 6) is -0.222. The Bertz CT molecular complexity index is 702. The van der Waals surface area contributed by atoms with Gasteiger partial charge in [-0.1, -0.05) is 12.1 Å². The molecule has 6 heteroatoms. The maximum absolute atomic E-state index is 11.5. The molecule has 0 radical (unpaired) electrons. The highest BCUT2D eigenvalue weighted by molar-refractivity contribution is 5.97. The second-order valence-electron chi connectivity index (χ2n) is 4.72. The van der Waals surface area contributed by atoms with E-state index in [1.165, 1.54) is 0 Å². The third kappa shape index (κ3) is 2.33. The summed E-state index contributed by atoms with van der Waals surface area (Å²) in [6.45, 7) is 0.710. The molecule has 102 valence electrons. The monoisotopic (exact) mass is 270 g/mol. The van der Waals surface area contributed by atoms with E-state index >= 15 is 0 Å². The lowest BCUT2D eigenvalue weighted by Gasteiger charge is -2.13. The molecule has 0 spiro atoms. The summed E-state index contributed by atoms with van der Waals surface area (Å²) >= 11 is 0. The SMILES string of the molecule is O=C(NO)c1ccc2cnn(CC3C=NC=CC3)c2c1. The van der Waals surface area contributed by atoms with Crippen molar-refractivity contribution in [3.8, 4) is 0 Å². The number of nitrogens with zero attached hydrogens (tertiary/aromatic N) is 3. The lowest BCUT2D eigenvalue weighted by Crippen LogP contribution is -2.18. The van der Waals surface area contributed by atoms with Crippen LogP contribution in [-0.2, 0) is 6.54 Å². The summed E-state index contributed by atoms with van der Waals surface area (Å²) in [5, 5.41) is 14.0. The molecule has 1 unspecified atom stereocenters. The van der Waals surface area contributed by atoms with Gasteiger partial charge in [-0.2, -0.15) is 5.10 Å². The van der Waals surface area contributed by atoms with Crippen molar-refractivity contribution in [2.45, 2.75) is 13.0 Å². The number of fused-ring (bicyclic) bond motifs is 1. The third-order valence-electron chi connectivity index (χ3n) is 3.34. The van der Waals surface area contributed by atoms with Crippen LogP contribution in [-0.4, -0.2) is 27.1 Å². The van der Waals surface area contributed by atoms with Crippen LogP contribution >= 0.6 is 0 Å². The average molecular weight is 270 g/mol. The fraction of sp³-hybridized carbons (Fsp3) is 0.214. The summed E-state index contributed by atoms with van der Waals surface area (Å²) in [5.41, 5.74) is 2.91. The van der Waals surface area contributed by atoms with Crippen LogP contribution in [0.25, 0.3) is 10.9 Å². The van der Waals surface area contributed by atoms with Crippen molar-refractivity contribution in [3.63, 3.8) is 0 Å². The molecule has 2 N–H and O–H groups in total. The number of hydrogen-bond donors (Lipinski definition) is 2.